The van der Waals surface area contributed by atoms with Gasteiger partial charge in [-0.2, -0.15) is 0 Å². The van der Waals surface area contributed by atoms with Crippen LogP contribution in [0.25, 0.3) is 32.3 Å². The van der Waals surface area contributed by atoms with E-state index in [0.29, 0.717) is 0 Å². The highest BCUT2D eigenvalue weighted by Gasteiger charge is 2.13. The summed E-state index contributed by atoms with van der Waals surface area (Å²) >= 11 is 0. The van der Waals surface area contributed by atoms with E-state index in [2.05, 4.69) is 69.1 Å². The van der Waals surface area contributed by atoms with Crippen LogP contribution in [0.5, 0.6) is 0 Å². The third-order valence-corrected chi connectivity index (χ3v) is 6.13. The lowest BCUT2D eigenvalue weighted by atomic mass is 9.92. The average Bonchev–Trinajstić information content (AvgIpc) is 2.86. The Morgan fingerprint density at radius 3 is 1.31 bits per heavy atom. The predicted octanol–water partition coefficient (Wildman–Crippen LogP) is 6.60. The van der Waals surface area contributed by atoms with Gasteiger partial charge in [-0.25, -0.2) is 0 Å². The molecule has 0 unspecified atom stereocenters. The quantitative estimate of drug-likeness (QED) is 0.302. The zero-order chi connectivity index (χ0) is 21.3. The van der Waals surface area contributed by atoms with E-state index in [9.17, 15) is 0 Å². The summed E-state index contributed by atoms with van der Waals surface area (Å²) in [5.41, 5.74) is 4.74. The molecule has 0 aliphatic rings. The van der Waals surface area contributed by atoms with Crippen LogP contribution in [-0.4, -0.2) is 9.97 Å². The van der Waals surface area contributed by atoms with Gasteiger partial charge in [0, 0.05) is 60.0 Å². The van der Waals surface area contributed by atoms with Gasteiger partial charge in [0.15, 0.2) is 0 Å². The second kappa shape index (κ2) is 7.82. The summed E-state index contributed by atoms with van der Waals surface area (Å²) in [6.45, 7) is 1.54. The molecule has 0 aliphatic heterocycles. The van der Waals surface area contributed by atoms with Crippen LogP contribution in [0.2, 0.25) is 0 Å². The van der Waals surface area contributed by atoms with Gasteiger partial charge in [-0.05, 0) is 69.1 Å². The van der Waals surface area contributed by atoms with Crippen molar-refractivity contribution in [2.45, 2.75) is 13.1 Å². The fourth-order valence-electron chi connectivity index (χ4n) is 4.51. The van der Waals surface area contributed by atoms with Crippen molar-refractivity contribution in [3.8, 4) is 0 Å². The maximum Gasteiger partial charge on any atom is 0.0423 e. The lowest BCUT2D eigenvalue weighted by Gasteiger charge is -2.17. The number of nitrogens with zero attached hydrogens (tertiary/aromatic N) is 2. The number of aromatic nitrogens is 2. The Bertz CT molecular complexity index is 1390. The number of benzene rings is 4. The van der Waals surface area contributed by atoms with Gasteiger partial charge >= 0.3 is 0 Å². The van der Waals surface area contributed by atoms with E-state index in [1.165, 1.54) is 43.4 Å². The van der Waals surface area contributed by atoms with Gasteiger partial charge in [-0.3, -0.25) is 9.97 Å². The molecule has 0 saturated carbocycles. The third kappa shape index (κ3) is 3.26. The summed E-state index contributed by atoms with van der Waals surface area (Å²) in [5.74, 6) is 0. The van der Waals surface area contributed by atoms with Crippen molar-refractivity contribution >= 4 is 43.7 Å². The molecule has 0 bridgehead atoms. The lowest BCUT2D eigenvalue weighted by Crippen LogP contribution is -2.01. The minimum absolute atomic E-state index is 0.769. The van der Waals surface area contributed by atoms with Gasteiger partial charge < -0.3 is 10.6 Å². The summed E-state index contributed by atoms with van der Waals surface area (Å²) in [7, 11) is 0. The Morgan fingerprint density at radius 1 is 0.469 bits per heavy atom. The van der Waals surface area contributed by atoms with Crippen LogP contribution >= 0.6 is 0 Å². The summed E-state index contributed by atoms with van der Waals surface area (Å²) in [4.78, 5) is 8.22. The molecule has 2 heterocycles. The van der Waals surface area contributed by atoms with Crippen molar-refractivity contribution in [1.29, 1.82) is 0 Å². The van der Waals surface area contributed by atoms with E-state index in [-0.39, 0.29) is 0 Å². The summed E-state index contributed by atoms with van der Waals surface area (Å²) in [5, 5.41) is 14.9. The van der Waals surface area contributed by atoms with Crippen molar-refractivity contribution in [1.82, 2.24) is 9.97 Å². The maximum atomic E-state index is 4.11. The normalized spacial score (nSPS) is 11.4. The second-order valence-electron chi connectivity index (χ2n) is 8.07. The zero-order valence-electron chi connectivity index (χ0n) is 17.5. The highest BCUT2D eigenvalue weighted by atomic mass is 14.9. The van der Waals surface area contributed by atoms with E-state index in [1.54, 1.807) is 0 Å². The molecular weight excluding hydrogens is 392 g/mol. The molecule has 0 radical (unpaired) electrons. The monoisotopic (exact) mass is 414 g/mol. The molecule has 0 spiro atoms. The number of rotatable bonds is 6. The van der Waals surface area contributed by atoms with Crippen LogP contribution in [0, 0.1) is 0 Å². The van der Waals surface area contributed by atoms with Gasteiger partial charge in [0.1, 0.15) is 0 Å². The SMILES string of the molecule is c1cc(CNc2ccc3ccc4c(NCc5ccncc5)ccc5ccc2c3c54)ccn1. The van der Waals surface area contributed by atoms with E-state index in [0.717, 1.165) is 24.5 Å². The summed E-state index contributed by atoms with van der Waals surface area (Å²) in [6.07, 6.45) is 7.34. The third-order valence-electron chi connectivity index (χ3n) is 6.13. The molecule has 6 aromatic rings. The molecule has 4 aromatic carbocycles. The van der Waals surface area contributed by atoms with Crippen molar-refractivity contribution in [2.24, 2.45) is 0 Å². The number of anilines is 2. The van der Waals surface area contributed by atoms with Gasteiger partial charge in [0.25, 0.3) is 0 Å². The van der Waals surface area contributed by atoms with Crippen LogP contribution in [0.4, 0.5) is 11.4 Å². The first-order chi connectivity index (χ1) is 15.9. The molecule has 4 heteroatoms. The topological polar surface area (TPSA) is 49.8 Å². The van der Waals surface area contributed by atoms with Gasteiger partial charge in [0.05, 0.1) is 0 Å². The smallest absolute Gasteiger partial charge is 0.0423 e. The van der Waals surface area contributed by atoms with Crippen LogP contribution < -0.4 is 10.6 Å². The van der Waals surface area contributed by atoms with Crippen molar-refractivity contribution in [3.63, 3.8) is 0 Å². The van der Waals surface area contributed by atoms with E-state index in [1.807, 2.05) is 49.1 Å². The lowest BCUT2D eigenvalue weighted by molar-refractivity contribution is 1.13. The van der Waals surface area contributed by atoms with Crippen LogP contribution in [0.1, 0.15) is 11.1 Å². The first kappa shape index (κ1) is 18.6. The highest BCUT2D eigenvalue weighted by Crippen LogP contribution is 2.40. The van der Waals surface area contributed by atoms with Gasteiger partial charge in [-0.1, -0.05) is 36.4 Å². The molecule has 0 saturated heterocycles. The van der Waals surface area contributed by atoms with E-state index >= 15 is 0 Å². The van der Waals surface area contributed by atoms with Crippen LogP contribution in [-0.2, 0) is 13.1 Å². The predicted molar refractivity (Wildman–Crippen MR) is 133 cm³/mol. The Morgan fingerprint density at radius 2 is 0.875 bits per heavy atom. The number of nitrogens with one attached hydrogen (secondary N) is 2. The Kier molecular flexibility index (Phi) is 4.54. The standard InChI is InChI=1S/C28H22N4/c1-5-23-25(31-17-19-9-13-29-14-10-19)8-4-22-2-6-24-26(7-3-21(1)27(24)28(22)23)32-18-20-11-15-30-16-12-20/h1-16,31-32H,17-18H2. The highest BCUT2D eigenvalue weighted by molar-refractivity contribution is 6.27. The Balaban J connectivity index is 1.43. The number of hydrogen-bond donors (Lipinski definition) is 2. The maximum absolute atomic E-state index is 4.11. The van der Waals surface area contributed by atoms with Crippen LogP contribution in [0.3, 0.4) is 0 Å². The molecule has 0 amide bonds. The average molecular weight is 415 g/mol. The fourth-order valence-corrected chi connectivity index (χ4v) is 4.51. The minimum atomic E-state index is 0.769. The summed E-state index contributed by atoms with van der Waals surface area (Å²) < 4.78 is 0. The number of pyridine rings is 2. The molecule has 0 fully saturated rings. The molecule has 0 aliphatic carbocycles. The van der Waals surface area contributed by atoms with E-state index in [4.69, 9.17) is 0 Å². The van der Waals surface area contributed by atoms with Crippen molar-refractivity contribution in [2.75, 3.05) is 10.6 Å². The number of hydrogen-bond acceptors (Lipinski definition) is 4. The Labute approximate surface area is 186 Å². The zero-order valence-corrected chi connectivity index (χ0v) is 17.5. The first-order valence-corrected chi connectivity index (χ1v) is 10.8. The van der Waals surface area contributed by atoms with Gasteiger partial charge in [0.2, 0.25) is 0 Å². The molecule has 2 N–H and O–H groups in total. The molecule has 4 nitrogen and oxygen atoms in total. The minimum Gasteiger partial charge on any atom is -0.380 e. The second-order valence-corrected chi connectivity index (χ2v) is 8.07. The largest absolute Gasteiger partial charge is 0.380 e. The molecule has 2 aromatic heterocycles. The molecule has 154 valence electrons. The van der Waals surface area contributed by atoms with Crippen molar-refractivity contribution < 1.29 is 0 Å². The van der Waals surface area contributed by atoms with Gasteiger partial charge in [-0.15, -0.1) is 0 Å². The first-order valence-electron chi connectivity index (χ1n) is 10.8. The Hall–Kier alpha value is -4.18. The molecule has 0 atom stereocenters. The molecule has 32 heavy (non-hydrogen) atoms. The van der Waals surface area contributed by atoms with Crippen LogP contribution in [0.15, 0.2) is 97.6 Å². The fraction of sp³-hybridized carbons (Fsp3) is 0.0714. The molecule has 6 rings (SSSR count). The van der Waals surface area contributed by atoms with E-state index < -0.39 is 0 Å². The summed E-state index contributed by atoms with van der Waals surface area (Å²) in [6, 6.07) is 25.9. The van der Waals surface area contributed by atoms with Crippen molar-refractivity contribution in [3.05, 3.63) is 109 Å². The molecular formula is C28H22N4.